The second kappa shape index (κ2) is 4.39. The molecule has 0 bridgehead atoms. The second-order valence-corrected chi connectivity index (χ2v) is 4.64. The quantitative estimate of drug-likeness (QED) is 0.822. The molecule has 0 amide bonds. The minimum Gasteiger partial charge on any atom is -0.281 e. The molecule has 6 heteroatoms. The van der Waals surface area contributed by atoms with E-state index in [2.05, 4.69) is 26.1 Å². The summed E-state index contributed by atoms with van der Waals surface area (Å²) >= 11 is 3.12. The number of aromatic nitrogens is 2. The van der Waals surface area contributed by atoms with E-state index in [1.165, 1.54) is 0 Å². The standard InChI is InChI=1S/C10H12BrF3N2/c11-5-7-8(6-3-1-2-4-6)15-16-9(7)10(12,13)14/h6H,1-5H2,(H,15,16). The van der Waals surface area contributed by atoms with E-state index < -0.39 is 11.9 Å². The summed E-state index contributed by atoms with van der Waals surface area (Å²) in [4.78, 5) is 0. The number of rotatable bonds is 2. The first kappa shape index (κ1) is 12.0. The summed E-state index contributed by atoms with van der Waals surface area (Å²) in [5.74, 6) is 0.219. The minimum atomic E-state index is -4.36. The van der Waals surface area contributed by atoms with Gasteiger partial charge >= 0.3 is 6.18 Å². The van der Waals surface area contributed by atoms with Gasteiger partial charge in [0.15, 0.2) is 5.69 Å². The number of hydrogen-bond donors (Lipinski definition) is 1. The van der Waals surface area contributed by atoms with Crippen molar-refractivity contribution in [3.8, 4) is 0 Å². The zero-order chi connectivity index (χ0) is 11.8. The summed E-state index contributed by atoms with van der Waals surface area (Å²) in [6.07, 6.45) is -0.269. The van der Waals surface area contributed by atoms with Gasteiger partial charge in [-0.2, -0.15) is 18.3 Å². The molecular weight excluding hydrogens is 285 g/mol. The third-order valence-electron chi connectivity index (χ3n) is 3.06. The van der Waals surface area contributed by atoms with Crippen molar-refractivity contribution in [1.29, 1.82) is 0 Å². The molecule has 0 unspecified atom stereocenters. The average molecular weight is 297 g/mol. The lowest BCUT2D eigenvalue weighted by Gasteiger charge is -2.09. The van der Waals surface area contributed by atoms with E-state index in [9.17, 15) is 13.2 Å². The van der Waals surface area contributed by atoms with Gasteiger partial charge in [-0.25, -0.2) is 0 Å². The Labute approximate surface area is 99.7 Å². The molecule has 90 valence electrons. The number of nitrogens with one attached hydrogen (secondary N) is 1. The summed E-state index contributed by atoms with van der Waals surface area (Å²) in [7, 11) is 0. The minimum absolute atomic E-state index is 0.199. The van der Waals surface area contributed by atoms with E-state index in [-0.39, 0.29) is 16.8 Å². The molecule has 1 saturated carbocycles. The van der Waals surface area contributed by atoms with Gasteiger partial charge in [-0.1, -0.05) is 28.8 Å². The largest absolute Gasteiger partial charge is 0.435 e. The van der Waals surface area contributed by atoms with Gasteiger partial charge in [0, 0.05) is 22.5 Å². The Balaban J connectivity index is 2.36. The van der Waals surface area contributed by atoms with Crippen molar-refractivity contribution >= 4 is 15.9 Å². The summed E-state index contributed by atoms with van der Waals surface area (Å²) in [6, 6.07) is 0. The summed E-state index contributed by atoms with van der Waals surface area (Å²) in [6.45, 7) is 0. The molecule has 1 fully saturated rings. The smallest absolute Gasteiger partial charge is 0.281 e. The predicted molar refractivity (Wildman–Crippen MR) is 57.4 cm³/mol. The van der Waals surface area contributed by atoms with Crippen LogP contribution in [-0.4, -0.2) is 10.2 Å². The summed E-state index contributed by atoms with van der Waals surface area (Å²) < 4.78 is 37.9. The monoisotopic (exact) mass is 296 g/mol. The van der Waals surface area contributed by atoms with Crippen LogP contribution in [0.5, 0.6) is 0 Å². The third-order valence-corrected chi connectivity index (χ3v) is 3.63. The van der Waals surface area contributed by atoms with Crippen LogP contribution in [-0.2, 0) is 11.5 Å². The van der Waals surface area contributed by atoms with E-state index in [0.717, 1.165) is 25.7 Å². The van der Waals surface area contributed by atoms with E-state index in [1.807, 2.05) is 0 Å². The molecule has 0 aliphatic heterocycles. The van der Waals surface area contributed by atoms with E-state index in [1.54, 1.807) is 0 Å². The Morgan fingerprint density at radius 3 is 2.44 bits per heavy atom. The average Bonchev–Trinajstić information content (AvgIpc) is 2.84. The third kappa shape index (κ3) is 2.12. The van der Waals surface area contributed by atoms with E-state index >= 15 is 0 Å². The van der Waals surface area contributed by atoms with Crippen molar-refractivity contribution in [1.82, 2.24) is 10.2 Å². The van der Waals surface area contributed by atoms with Crippen LogP contribution in [0.2, 0.25) is 0 Å². The van der Waals surface area contributed by atoms with Crippen LogP contribution in [0, 0.1) is 0 Å². The fourth-order valence-corrected chi connectivity index (χ4v) is 2.87. The molecule has 1 aliphatic rings. The van der Waals surface area contributed by atoms with Crippen molar-refractivity contribution < 1.29 is 13.2 Å². The van der Waals surface area contributed by atoms with Gasteiger partial charge in [-0.15, -0.1) is 0 Å². The number of nitrogens with zero attached hydrogens (tertiary/aromatic N) is 1. The van der Waals surface area contributed by atoms with Gasteiger partial charge < -0.3 is 0 Å². The van der Waals surface area contributed by atoms with Crippen molar-refractivity contribution in [2.75, 3.05) is 0 Å². The van der Waals surface area contributed by atoms with E-state index in [4.69, 9.17) is 0 Å². The second-order valence-electron chi connectivity index (χ2n) is 4.08. The van der Waals surface area contributed by atoms with Gasteiger partial charge in [0.1, 0.15) is 0 Å². The lowest BCUT2D eigenvalue weighted by atomic mass is 9.99. The van der Waals surface area contributed by atoms with E-state index in [0.29, 0.717) is 5.69 Å². The highest BCUT2D eigenvalue weighted by Gasteiger charge is 2.38. The Morgan fingerprint density at radius 1 is 1.31 bits per heavy atom. The van der Waals surface area contributed by atoms with Crippen molar-refractivity contribution in [2.45, 2.75) is 43.1 Å². The normalized spacial score (nSPS) is 18.2. The lowest BCUT2D eigenvalue weighted by molar-refractivity contribution is -0.141. The Morgan fingerprint density at radius 2 is 1.94 bits per heavy atom. The Bertz CT molecular complexity index is 367. The van der Waals surface area contributed by atoms with Crippen molar-refractivity contribution in [2.24, 2.45) is 0 Å². The zero-order valence-corrected chi connectivity index (χ0v) is 10.2. The van der Waals surface area contributed by atoms with Crippen LogP contribution in [0.1, 0.15) is 48.6 Å². The van der Waals surface area contributed by atoms with Crippen LogP contribution < -0.4 is 0 Å². The molecule has 0 saturated heterocycles. The maximum absolute atomic E-state index is 12.6. The number of halogens is 4. The maximum Gasteiger partial charge on any atom is 0.435 e. The number of H-pyrrole nitrogens is 1. The molecule has 0 aromatic carbocycles. The molecule has 16 heavy (non-hydrogen) atoms. The van der Waals surface area contributed by atoms with Crippen molar-refractivity contribution in [3.05, 3.63) is 17.0 Å². The molecular formula is C10H12BrF3N2. The number of aromatic amines is 1. The highest BCUT2D eigenvalue weighted by atomic mass is 79.9. The fraction of sp³-hybridized carbons (Fsp3) is 0.700. The molecule has 1 aromatic rings. The first-order chi connectivity index (χ1) is 7.54. The fourth-order valence-electron chi connectivity index (χ4n) is 2.30. The molecule has 0 radical (unpaired) electrons. The van der Waals surface area contributed by atoms with Crippen LogP contribution in [0.15, 0.2) is 0 Å². The Hall–Kier alpha value is -0.520. The van der Waals surface area contributed by atoms with Crippen LogP contribution in [0.3, 0.4) is 0 Å². The molecule has 0 atom stereocenters. The highest BCUT2D eigenvalue weighted by Crippen LogP contribution is 2.39. The topological polar surface area (TPSA) is 28.7 Å². The summed E-state index contributed by atoms with van der Waals surface area (Å²) in [5, 5.41) is 6.20. The highest BCUT2D eigenvalue weighted by molar-refractivity contribution is 9.08. The van der Waals surface area contributed by atoms with Crippen molar-refractivity contribution in [3.63, 3.8) is 0 Å². The molecule has 2 rings (SSSR count). The summed E-state index contributed by atoms with van der Waals surface area (Å²) in [5.41, 5.74) is 0.173. The van der Waals surface area contributed by atoms with Crippen LogP contribution in [0.4, 0.5) is 13.2 Å². The Kier molecular flexibility index (Phi) is 3.28. The lowest BCUT2D eigenvalue weighted by Crippen LogP contribution is -2.09. The first-order valence-electron chi connectivity index (χ1n) is 5.24. The predicted octanol–water partition coefficient (Wildman–Crippen LogP) is 3.98. The first-order valence-corrected chi connectivity index (χ1v) is 6.36. The molecule has 1 heterocycles. The van der Waals surface area contributed by atoms with Gasteiger partial charge in [-0.05, 0) is 12.8 Å². The van der Waals surface area contributed by atoms with Gasteiger partial charge in [0.25, 0.3) is 0 Å². The van der Waals surface area contributed by atoms with Crippen LogP contribution >= 0.6 is 15.9 Å². The number of hydrogen-bond acceptors (Lipinski definition) is 1. The molecule has 1 aromatic heterocycles. The zero-order valence-electron chi connectivity index (χ0n) is 8.57. The van der Waals surface area contributed by atoms with Crippen LogP contribution in [0.25, 0.3) is 0 Å². The van der Waals surface area contributed by atoms with Gasteiger partial charge in [0.2, 0.25) is 0 Å². The number of alkyl halides is 4. The van der Waals surface area contributed by atoms with Gasteiger partial charge in [0.05, 0.1) is 0 Å². The molecule has 1 N–H and O–H groups in total. The molecule has 2 nitrogen and oxygen atoms in total. The maximum atomic E-state index is 12.6. The molecule has 0 spiro atoms. The molecule has 1 aliphatic carbocycles. The van der Waals surface area contributed by atoms with Gasteiger partial charge in [-0.3, -0.25) is 5.10 Å². The SMILES string of the molecule is FC(F)(F)c1n[nH]c(C2CCCC2)c1CBr.